The first-order valence-corrected chi connectivity index (χ1v) is 5.30. The zero-order valence-electron chi connectivity index (χ0n) is 9.93. The van der Waals surface area contributed by atoms with Gasteiger partial charge in [-0.25, -0.2) is 0 Å². The SMILES string of the molecule is CNC(=O)Cn1cc(NC(=O)C(C)CN)cn1. The maximum atomic E-state index is 11.5. The second-order valence-corrected chi connectivity index (χ2v) is 3.73. The summed E-state index contributed by atoms with van der Waals surface area (Å²) in [7, 11) is 1.55. The molecule has 0 aliphatic rings. The van der Waals surface area contributed by atoms with Crippen molar-refractivity contribution < 1.29 is 9.59 Å². The number of nitrogens with one attached hydrogen (secondary N) is 2. The molecule has 0 aromatic carbocycles. The molecule has 1 heterocycles. The molecular weight excluding hydrogens is 222 g/mol. The average molecular weight is 239 g/mol. The van der Waals surface area contributed by atoms with Gasteiger partial charge in [0, 0.05) is 25.7 Å². The van der Waals surface area contributed by atoms with E-state index < -0.39 is 0 Å². The number of likely N-dealkylation sites (N-methyl/N-ethyl adjacent to an activating group) is 1. The van der Waals surface area contributed by atoms with E-state index in [2.05, 4.69) is 15.7 Å². The summed E-state index contributed by atoms with van der Waals surface area (Å²) >= 11 is 0. The third-order valence-electron chi connectivity index (χ3n) is 2.29. The first-order valence-electron chi connectivity index (χ1n) is 5.30. The number of carbonyl (C=O) groups is 2. The van der Waals surface area contributed by atoms with Crippen LogP contribution >= 0.6 is 0 Å². The molecule has 1 rings (SSSR count). The second kappa shape index (κ2) is 6.00. The summed E-state index contributed by atoms with van der Waals surface area (Å²) in [5, 5.41) is 9.11. The highest BCUT2D eigenvalue weighted by molar-refractivity contribution is 5.92. The van der Waals surface area contributed by atoms with Crippen molar-refractivity contribution in [3.63, 3.8) is 0 Å². The highest BCUT2D eigenvalue weighted by atomic mass is 16.2. The Bertz CT molecular complexity index is 401. The van der Waals surface area contributed by atoms with Gasteiger partial charge in [-0.15, -0.1) is 0 Å². The highest BCUT2D eigenvalue weighted by Crippen LogP contribution is 2.06. The van der Waals surface area contributed by atoms with Gasteiger partial charge < -0.3 is 16.4 Å². The van der Waals surface area contributed by atoms with Crippen LogP contribution in [-0.4, -0.2) is 35.2 Å². The van der Waals surface area contributed by atoms with E-state index in [1.807, 2.05) is 0 Å². The summed E-state index contributed by atoms with van der Waals surface area (Å²) in [6.07, 6.45) is 3.08. The third-order valence-corrected chi connectivity index (χ3v) is 2.29. The van der Waals surface area contributed by atoms with Crippen molar-refractivity contribution in [1.82, 2.24) is 15.1 Å². The molecule has 94 valence electrons. The molecule has 2 amide bonds. The minimum Gasteiger partial charge on any atom is -0.358 e. The molecule has 0 saturated heterocycles. The monoisotopic (exact) mass is 239 g/mol. The van der Waals surface area contributed by atoms with Crippen LogP contribution in [0.3, 0.4) is 0 Å². The van der Waals surface area contributed by atoms with Gasteiger partial charge in [0.05, 0.1) is 11.9 Å². The predicted molar refractivity (Wildman–Crippen MR) is 63.1 cm³/mol. The molecule has 0 aliphatic heterocycles. The molecule has 0 radical (unpaired) electrons. The van der Waals surface area contributed by atoms with Crippen LogP contribution in [0.4, 0.5) is 5.69 Å². The van der Waals surface area contributed by atoms with Crippen molar-refractivity contribution in [2.75, 3.05) is 18.9 Å². The zero-order valence-corrected chi connectivity index (χ0v) is 9.93. The van der Waals surface area contributed by atoms with Crippen LogP contribution in [0.2, 0.25) is 0 Å². The Morgan fingerprint density at radius 2 is 2.29 bits per heavy atom. The molecule has 0 saturated carbocycles. The lowest BCUT2D eigenvalue weighted by Crippen LogP contribution is -2.26. The molecule has 0 spiro atoms. The number of hydrogen-bond donors (Lipinski definition) is 3. The van der Waals surface area contributed by atoms with Gasteiger partial charge in [-0.3, -0.25) is 14.3 Å². The van der Waals surface area contributed by atoms with Gasteiger partial charge in [-0.2, -0.15) is 5.10 Å². The van der Waals surface area contributed by atoms with Gasteiger partial charge in [0.15, 0.2) is 0 Å². The van der Waals surface area contributed by atoms with Gasteiger partial charge >= 0.3 is 0 Å². The number of rotatable bonds is 5. The first kappa shape index (κ1) is 13.2. The lowest BCUT2D eigenvalue weighted by Gasteiger charge is -2.07. The summed E-state index contributed by atoms with van der Waals surface area (Å²) in [5.74, 6) is -0.564. The molecule has 0 bridgehead atoms. The fourth-order valence-electron chi connectivity index (χ4n) is 1.11. The van der Waals surface area contributed by atoms with Gasteiger partial charge in [-0.1, -0.05) is 6.92 Å². The van der Waals surface area contributed by atoms with Crippen molar-refractivity contribution >= 4 is 17.5 Å². The van der Waals surface area contributed by atoms with Crippen molar-refractivity contribution in [3.8, 4) is 0 Å². The number of carbonyl (C=O) groups excluding carboxylic acids is 2. The van der Waals surface area contributed by atoms with E-state index in [1.165, 1.54) is 10.9 Å². The molecule has 7 nitrogen and oxygen atoms in total. The fourth-order valence-corrected chi connectivity index (χ4v) is 1.11. The minimum absolute atomic E-state index is 0.124. The molecule has 17 heavy (non-hydrogen) atoms. The quantitative estimate of drug-likeness (QED) is 0.623. The summed E-state index contributed by atoms with van der Waals surface area (Å²) < 4.78 is 1.45. The standard InChI is InChI=1S/C10H17N5O2/c1-7(3-11)10(17)14-8-4-13-15(5-8)6-9(16)12-2/h4-5,7H,3,6,11H2,1-2H3,(H,12,16)(H,14,17). The summed E-state index contributed by atoms with van der Waals surface area (Å²) in [4.78, 5) is 22.6. The van der Waals surface area contributed by atoms with Crippen molar-refractivity contribution in [2.24, 2.45) is 11.7 Å². The van der Waals surface area contributed by atoms with E-state index in [0.717, 1.165) is 0 Å². The molecule has 1 aromatic rings. The molecule has 7 heteroatoms. The van der Waals surface area contributed by atoms with Gasteiger partial charge in [0.25, 0.3) is 0 Å². The molecule has 4 N–H and O–H groups in total. The number of hydrogen-bond acceptors (Lipinski definition) is 4. The van der Waals surface area contributed by atoms with Crippen LogP contribution in [0.25, 0.3) is 0 Å². The van der Waals surface area contributed by atoms with E-state index in [9.17, 15) is 9.59 Å². The Morgan fingerprint density at radius 1 is 1.59 bits per heavy atom. The Balaban J connectivity index is 2.56. The van der Waals surface area contributed by atoms with Gasteiger partial charge in [-0.05, 0) is 0 Å². The lowest BCUT2D eigenvalue weighted by atomic mass is 10.2. The molecule has 0 aliphatic carbocycles. The van der Waals surface area contributed by atoms with Crippen LogP contribution < -0.4 is 16.4 Å². The smallest absolute Gasteiger partial charge is 0.241 e. The van der Waals surface area contributed by atoms with Crippen molar-refractivity contribution in [2.45, 2.75) is 13.5 Å². The van der Waals surface area contributed by atoms with Crippen molar-refractivity contribution in [3.05, 3.63) is 12.4 Å². The predicted octanol–water partition coefficient (Wildman–Crippen LogP) is -0.838. The van der Waals surface area contributed by atoms with E-state index in [4.69, 9.17) is 5.73 Å². The summed E-state index contributed by atoms with van der Waals surface area (Å²) in [6, 6.07) is 0. The fraction of sp³-hybridized carbons (Fsp3) is 0.500. The molecular formula is C10H17N5O2. The Morgan fingerprint density at radius 3 is 2.88 bits per heavy atom. The highest BCUT2D eigenvalue weighted by Gasteiger charge is 2.12. The Labute approximate surface area is 99.4 Å². The summed E-state index contributed by atoms with van der Waals surface area (Å²) in [5.41, 5.74) is 5.94. The largest absolute Gasteiger partial charge is 0.358 e. The van der Waals surface area contributed by atoms with Crippen LogP contribution in [0, 0.1) is 5.92 Å². The molecule has 0 fully saturated rings. The van der Waals surface area contributed by atoms with E-state index in [1.54, 1.807) is 20.2 Å². The van der Waals surface area contributed by atoms with E-state index in [0.29, 0.717) is 5.69 Å². The molecule has 1 unspecified atom stereocenters. The van der Waals surface area contributed by atoms with Crippen molar-refractivity contribution in [1.29, 1.82) is 0 Å². The van der Waals surface area contributed by atoms with Crippen LogP contribution in [0.15, 0.2) is 12.4 Å². The average Bonchev–Trinajstić information content (AvgIpc) is 2.75. The third kappa shape index (κ3) is 3.87. The molecule has 1 aromatic heterocycles. The number of amides is 2. The number of nitrogens with two attached hydrogens (primary N) is 1. The number of nitrogens with zero attached hydrogens (tertiary/aromatic N) is 2. The topological polar surface area (TPSA) is 102 Å². The van der Waals surface area contributed by atoms with Gasteiger partial charge in [0.1, 0.15) is 6.54 Å². The zero-order chi connectivity index (χ0) is 12.8. The lowest BCUT2D eigenvalue weighted by molar-refractivity contribution is -0.121. The Hall–Kier alpha value is -1.89. The van der Waals surface area contributed by atoms with Crippen LogP contribution in [-0.2, 0) is 16.1 Å². The first-order chi connectivity index (χ1) is 8.06. The maximum Gasteiger partial charge on any atom is 0.241 e. The van der Waals surface area contributed by atoms with Gasteiger partial charge in [0.2, 0.25) is 11.8 Å². The van der Waals surface area contributed by atoms with E-state index >= 15 is 0 Å². The molecule has 1 atom stereocenters. The van der Waals surface area contributed by atoms with Crippen LogP contribution in [0.5, 0.6) is 0 Å². The maximum absolute atomic E-state index is 11.5. The minimum atomic E-state index is -0.253. The number of aromatic nitrogens is 2. The van der Waals surface area contributed by atoms with E-state index in [-0.39, 0.29) is 30.8 Å². The second-order valence-electron chi connectivity index (χ2n) is 3.73. The Kier molecular flexibility index (Phi) is 4.65. The number of anilines is 1. The normalized spacial score (nSPS) is 11.9. The van der Waals surface area contributed by atoms with Crippen LogP contribution in [0.1, 0.15) is 6.92 Å². The summed E-state index contributed by atoms with van der Waals surface area (Å²) in [6.45, 7) is 2.15.